The van der Waals surface area contributed by atoms with Crippen LogP contribution in [0.1, 0.15) is 24.4 Å². The number of nitrogens with one attached hydrogen (secondary N) is 1. The average Bonchev–Trinajstić information content (AvgIpc) is 2.86. The molecule has 0 spiro atoms. The number of benzene rings is 3. The molecule has 1 unspecified atom stereocenters. The van der Waals surface area contributed by atoms with E-state index in [0.29, 0.717) is 46.3 Å². The molecule has 0 saturated carbocycles. The molecule has 0 bridgehead atoms. The fourth-order valence-electron chi connectivity index (χ4n) is 3.90. The molecular weight excluding hydrogens is 464 g/mol. The number of aromatic nitrogens is 2. The third-order valence-corrected chi connectivity index (χ3v) is 6.08. The van der Waals surface area contributed by atoms with Crippen molar-refractivity contribution in [1.82, 2.24) is 14.5 Å². The summed E-state index contributed by atoms with van der Waals surface area (Å²) in [6, 6.07) is 20.9. The zero-order valence-corrected chi connectivity index (χ0v) is 20.6. The van der Waals surface area contributed by atoms with E-state index in [9.17, 15) is 9.59 Å². The lowest BCUT2D eigenvalue weighted by Crippen LogP contribution is -2.41. The van der Waals surface area contributed by atoms with Crippen molar-refractivity contribution >= 4 is 34.2 Å². The Balaban J connectivity index is 1.81. The Bertz CT molecular complexity index is 1380. The van der Waals surface area contributed by atoms with Gasteiger partial charge in [-0.05, 0) is 62.4 Å². The number of para-hydroxylation sites is 1. The number of methoxy groups -OCH3 is 1. The number of rotatable bonds is 7. The number of amides is 2. The lowest BCUT2D eigenvalue weighted by molar-refractivity contribution is 0.137. The maximum atomic E-state index is 13.6. The highest BCUT2D eigenvalue weighted by molar-refractivity contribution is 6.30. The number of halogens is 1. The molecule has 1 atom stereocenters. The van der Waals surface area contributed by atoms with Crippen molar-refractivity contribution in [3.05, 3.63) is 99.6 Å². The van der Waals surface area contributed by atoms with Gasteiger partial charge < -0.3 is 15.0 Å². The van der Waals surface area contributed by atoms with E-state index in [1.165, 1.54) is 0 Å². The second-order valence-electron chi connectivity index (χ2n) is 8.26. The molecule has 0 aliphatic rings. The minimum absolute atomic E-state index is 0.189. The van der Waals surface area contributed by atoms with E-state index in [4.69, 9.17) is 21.3 Å². The van der Waals surface area contributed by atoms with Gasteiger partial charge in [0, 0.05) is 24.4 Å². The Morgan fingerprint density at radius 3 is 2.46 bits per heavy atom. The third-order valence-electron chi connectivity index (χ3n) is 5.83. The van der Waals surface area contributed by atoms with Crippen LogP contribution in [0.25, 0.3) is 16.6 Å². The number of aryl methyl sites for hydroxylation is 1. The third kappa shape index (κ3) is 5.37. The molecule has 7 nitrogen and oxygen atoms in total. The number of nitrogens with zero attached hydrogens (tertiary/aromatic N) is 3. The normalized spacial score (nSPS) is 11.9. The van der Waals surface area contributed by atoms with Gasteiger partial charge in [0.2, 0.25) is 0 Å². The smallest absolute Gasteiger partial charge is 0.322 e. The zero-order chi connectivity index (χ0) is 24.9. The quantitative estimate of drug-likeness (QED) is 0.366. The first-order chi connectivity index (χ1) is 16.9. The summed E-state index contributed by atoms with van der Waals surface area (Å²) in [5, 5.41) is 4.00. The molecule has 0 fully saturated rings. The van der Waals surface area contributed by atoms with Crippen LogP contribution in [0.15, 0.2) is 77.6 Å². The molecule has 3 aromatic carbocycles. The summed E-state index contributed by atoms with van der Waals surface area (Å²) < 4.78 is 6.85. The van der Waals surface area contributed by atoms with Gasteiger partial charge in [-0.15, -0.1) is 0 Å². The van der Waals surface area contributed by atoms with Crippen molar-refractivity contribution < 1.29 is 9.53 Å². The van der Waals surface area contributed by atoms with Crippen molar-refractivity contribution in [3.8, 4) is 5.69 Å². The first-order valence-corrected chi connectivity index (χ1v) is 11.7. The van der Waals surface area contributed by atoms with Crippen molar-refractivity contribution in [3.63, 3.8) is 0 Å². The van der Waals surface area contributed by atoms with Gasteiger partial charge in [-0.2, -0.15) is 0 Å². The number of ether oxygens (including phenoxy) is 1. The number of urea groups is 1. The summed E-state index contributed by atoms with van der Waals surface area (Å²) in [6.07, 6.45) is 0. The molecule has 0 aliphatic carbocycles. The molecule has 0 saturated heterocycles. The lowest BCUT2D eigenvalue weighted by Gasteiger charge is -2.30. The fourth-order valence-corrected chi connectivity index (χ4v) is 4.03. The highest BCUT2D eigenvalue weighted by Gasteiger charge is 2.27. The lowest BCUT2D eigenvalue weighted by atomic mass is 10.1. The summed E-state index contributed by atoms with van der Waals surface area (Å²) >= 11 is 5.98. The molecule has 0 radical (unpaired) electrons. The monoisotopic (exact) mass is 490 g/mol. The first kappa shape index (κ1) is 24.4. The molecule has 35 heavy (non-hydrogen) atoms. The Hall–Kier alpha value is -3.68. The van der Waals surface area contributed by atoms with E-state index in [1.54, 1.807) is 53.0 Å². The van der Waals surface area contributed by atoms with Gasteiger partial charge in [0.05, 0.1) is 29.2 Å². The SMILES string of the molecule is COCCN(C(=O)Nc1ccc(Cl)cc1)C(C)c1nc2ccccc2c(=O)n1-c1ccc(C)cc1. The maximum absolute atomic E-state index is 13.6. The van der Waals surface area contributed by atoms with Gasteiger partial charge in [0.25, 0.3) is 5.56 Å². The van der Waals surface area contributed by atoms with Crippen LogP contribution in [0.4, 0.5) is 10.5 Å². The Morgan fingerprint density at radius 1 is 1.09 bits per heavy atom. The predicted octanol–water partition coefficient (Wildman–Crippen LogP) is 5.59. The molecule has 8 heteroatoms. The second kappa shape index (κ2) is 10.7. The molecule has 1 aromatic heterocycles. The summed E-state index contributed by atoms with van der Waals surface area (Å²) in [5.74, 6) is 0.458. The molecule has 2 amide bonds. The van der Waals surface area contributed by atoms with Gasteiger partial charge >= 0.3 is 6.03 Å². The van der Waals surface area contributed by atoms with Crippen LogP contribution in [-0.2, 0) is 4.74 Å². The number of anilines is 1. The van der Waals surface area contributed by atoms with Gasteiger partial charge in [-0.3, -0.25) is 9.36 Å². The van der Waals surface area contributed by atoms with E-state index >= 15 is 0 Å². The van der Waals surface area contributed by atoms with Gasteiger partial charge in [-0.1, -0.05) is 41.4 Å². The van der Waals surface area contributed by atoms with E-state index in [2.05, 4.69) is 5.32 Å². The van der Waals surface area contributed by atoms with Crippen LogP contribution in [-0.4, -0.2) is 40.7 Å². The van der Waals surface area contributed by atoms with Crippen molar-refractivity contribution in [2.45, 2.75) is 19.9 Å². The van der Waals surface area contributed by atoms with Crippen LogP contribution >= 0.6 is 11.6 Å². The van der Waals surface area contributed by atoms with Crippen molar-refractivity contribution in [2.75, 3.05) is 25.6 Å². The first-order valence-electron chi connectivity index (χ1n) is 11.3. The highest BCUT2D eigenvalue weighted by atomic mass is 35.5. The minimum atomic E-state index is -0.545. The number of carbonyl (C=O) groups is 1. The van der Waals surface area contributed by atoms with Crippen LogP contribution < -0.4 is 10.9 Å². The van der Waals surface area contributed by atoms with Gasteiger partial charge in [0.1, 0.15) is 5.82 Å². The fraction of sp³-hybridized carbons (Fsp3) is 0.222. The Morgan fingerprint density at radius 2 is 1.77 bits per heavy atom. The number of hydrogen-bond donors (Lipinski definition) is 1. The summed E-state index contributed by atoms with van der Waals surface area (Å²) in [7, 11) is 1.58. The molecule has 1 N–H and O–H groups in total. The molecule has 180 valence electrons. The largest absolute Gasteiger partial charge is 0.383 e. The summed E-state index contributed by atoms with van der Waals surface area (Å²) in [6.45, 7) is 4.47. The predicted molar refractivity (Wildman–Crippen MR) is 140 cm³/mol. The van der Waals surface area contributed by atoms with E-state index in [1.807, 2.05) is 50.2 Å². The topological polar surface area (TPSA) is 76.5 Å². The van der Waals surface area contributed by atoms with E-state index < -0.39 is 6.04 Å². The number of hydrogen-bond acceptors (Lipinski definition) is 4. The molecule has 4 aromatic rings. The standard InChI is InChI=1S/C27H27ClN4O3/c1-18-8-14-22(15-9-18)32-25(30-24-7-5-4-6-23(24)26(32)33)19(2)31(16-17-35-3)27(34)29-21-12-10-20(28)11-13-21/h4-15,19H,16-17H2,1-3H3,(H,29,34). The molecule has 4 rings (SSSR count). The van der Waals surface area contributed by atoms with E-state index in [-0.39, 0.29) is 11.6 Å². The molecular formula is C27H27ClN4O3. The second-order valence-corrected chi connectivity index (χ2v) is 8.70. The van der Waals surface area contributed by atoms with E-state index in [0.717, 1.165) is 5.56 Å². The Kier molecular flexibility index (Phi) is 7.48. The Labute approximate surface area is 208 Å². The summed E-state index contributed by atoms with van der Waals surface area (Å²) in [4.78, 5) is 33.5. The van der Waals surface area contributed by atoms with Gasteiger partial charge in [-0.25, -0.2) is 9.78 Å². The molecule has 1 heterocycles. The van der Waals surface area contributed by atoms with Crippen LogP contribution in [0.5, 0.6) is 0 Å². The minimum Gasteiger partial charge on any atom is -0.383 e. The van der Waals surface area contributed by atoms with Crippen LogP contribution in [0.2, 0.25) is 5.02 Å². The van der Waals surface area contributed by atoms with Crippen molar-refractivity contribution in [1.29, 1.82) is 0 Å². The highest BCUT2D eigenvalue weighted by Crippen LogP contribution is 2.24. The average molecular weight is 491 g/mol. The summed E-state index contributed by atoms with van der Waals surface area (Å²) in [5.41, 5.74) is 2.76. The number of carbonyl (C=O) groups excluding carboxylic acids is 1. The van der Waals surface area contributed by atoms with Crippen LogP contribution in [0, 0.1) is 6.92 Å². The zero-order valence-electron chi connectivity index (χ0n) is 19.9. The molecule has 0 aliphatic heterocycles. The van der Waals surface area contributed by atoms with Gasteiger partial charge in [0.15, 0.2) is 0 Å². The maximum Gasteiger partial charge on any atom is 0.322 e. The van der Waals surface area contributed by atoms with Crippen LogP contribution in [0.3, 0.4) is 0 Å². The van der Waals surface area contributed by atoms with Crippen molar-refractivity contribution in [2.24, 2.45) is 0 Å². The number of fused-ring (bicyclic) bond motifs is 1.